The van der Waals surface area contributed by atoms with E-state index in [1.54, 1.807) is 0 Å². The summed E-state index contributed by atoms with van der Waals surface area (Å²) in [6.07, 6.45) is 2.49. The lowest BCUT2D eigenvalue weighted by Crippen LogP contribution is -2.27. The predicted molar refractivity (Wildman–Crippen MR) is 95.5 cm³/mol. The zero-order valence-electron chi connectivity index (χ0n) is 14.5. The number of aromatic nitrogens is 4. The van der Waals surface area contributed by atoms with Gasteiger partial charge in [0.1, 0.15) is 17.3 Å². The first-order valence-corrected chi connectivity index (χ1v) is 8.61. The summed E-state index contributed by atoms with van der Waals surface area (Å²) in [7, 11) is 0. The second kappa shape index (κ2) is 6.33. The Hall–Kier alpha value is -2.67. The minimum atomic E-state index is -0.134. The largest absolute Gasteiger partial charge is 0.350 e. The number of carbonyl (C=O) groups excluding carboxylic acids is 1. The molecule has 7 nitrogen and oxygen atoms in total. The molecular weight excluding hydrogens is 316 g/mol. The van der Waals surface area contributed by atoms with E-state index in [0.29, 0.717) is 25.2 Å². The van der Waals surface area contributed by atoms with Crippen molar-refractivity contribution < 1.29 is 4.79 Å². The van der Waals surface area contributed by atoms with E-state index in [9.17, 15) is 4.79 Å². The Labute approximate surface area is 145 Å². The molecule has 0 atom stereocenters. The van der Waals surface area contributed by atoms with Crippen LogP contribution in [0.5, 0.6) is 0 Å². The molecule has 3 aromatic rings. The molecule has 1 aromatic carbocycles. The molecule has 0 aliphatic carbocycles. The number of aryl methyl sites for hydroxylation is 2. The molecule has 0 unspecified atom stereocenters. The zero-order chi connectivity index (χ0) is 17.4. The van der Waals surface area contributed by atoms with Gasteiger partial charge >= 0.3 is 0 Å². The molecule has 3 N–H and O–H groups in total. The molecule has 1 aliphatic rings. The van der Waals surface area contributed by atoms with E-state index in [4.69, 9.17) is 0 Å². The van der Waals surface area contributed by atoms with Gasteiger partial charge in [-0.2, -0.15) is 0 Å². The SMILES string of the molecule is Cc1ccc2[nH]c(CCNC(=O)c3cn4c(n3)CNCC4)nc2c1C. The number of hydrogen-bond donors (Lipinski definition) is 3. The molecule has 0 saturated carbocycles. The van der Waals surface area contributed by atoms with Crippen molar-refractivity contribution in [2.24, 2.45) is 0 Å². The Morgan fingerprint density at radius 1 is 1.32 bits per heavy atom. The lowest BCUT2D eigenvalue weighted by molar-refractivity contribution is 0.0949. The van der Waals surface area contributed by atoms with E-state index in [2.05, 4.69) is 51.6 Å². The maximum atomic E-state index is 12.3. The van der Waals surface area contributed by atoms with Gasteiger partial charge in [-0.05, 0) is 31.0 Å². The Morgan fingerprint density at radius 2 is 2.20 bits per heavy atom. The number of H-pyrrole nitrogens is 1. The van der Waals surface area contributed by atoms with Crippen molar-refractivity contribution >= 4 is 16.9 Å². The summed E-state index contributed by atoms with van der Waals surface area (Å²) in [6.45, 7) is 7.17. The van der Waals surface area contributed by atoms with Crippen LogP contribution in [0.25, 0.3) is 11.0 Å². The number of amides is 1. The van der Waals surface area contributed by atoms with Crippen molar-refractivity contribution in [3.05, 3.63) is 46.8 Å². The highest BCUT2D eigenvalue weighted by Crippen LogP contribution is 2.19. The summed E-state index contributed by atoms with van der Waals surface area (Å²) in [5, 5.41) is 6.18. The van der Waals surface area contributed by atoms with Gasteiger partial charge in [-0.1, -0.05) is 6.07 Å². The summed E-state index contributed by atoms with van der Waals surface area (Å²) in [5.41, 5.74) is 4.96. The Balaban J connectivity index is 1.39. The monoisotopic (exact) mass is 338 g/mol. The number of benzene rings is 1. The molecular formula is C18H22N6O. The molecule has 0 fully saturated rings. The van der Waals surface area contributed by atoms with E-state index in [1.165, 1.54) is 11.1 Å². The molecule has 0 saturated heterocycles. The van der Waals surface area contributed by atoms with Crippen molar-refractivity contribution in [2.75, 3.05) is 13.1 Å². The van der Waals surface area contributed by atoms with Crippen LogP contribution in [-0.4, -0.2) is 38.5 Å². The van der Waals surface area contributed by atoms with Crippen LogP contribution < -0.4 is 10.6 Å². The molecule has 3 heterocycles. The van der Waals surface area contributed by atoms with Gasteiger partial charge in [0.05, 0.1) is 17.6 Å². The van der Waals surface area contributed by atoms with Crippen LogP contribution >= 0.6 is 0 Å². The Kier molecular flexibility index (Phi) is 4.01. The van der Waals surface area contributed by atoms with E-state index >= 15 is 0 Å². The lowest BCUT2D eigenvalue weighted by atomic mass is 10.1. The lowest BCUT2D eigenvalue weighted by Gasteiger charge is -2.13. The fourth-order valence-corrected chi connectivity index (χ4v) is 3.17. The first kappa shape index (κ1) is 15.8. The second-order valence-corrected chi connectivity index (χ2v) is 6.51. The van der Waals surface area contributed by atoms with Crippen LogP contribution in [-0.2, 0) is 19.5 Å². The van der Waals surface area contributed by atoms with E-state index in [1.807, 2.05) is 10.8 Å². The molecule has 0 radical (unpaired) electrons. The van der Waals surface area contributed by atoms with E-state index in [0.717, 1.165) is 35.8 Å². The van der Waals surface area contributed by atoms with Crippen LogP contribution in [0.3, 0.4) is 0 Å². The van der Waals surface area contributed by atoms with Gasteiger partial charge < -0.3 is 20.2 Å². The average Bonchev–Trinajstić information content (AvgIpc) is 3.22. The van der Waals surface area contributed by atoms with Crippen molar-refractivity contribution in [2.45, 2.75) is 33.4 Å². The van der Waals surface area contributed by atoms with Crippen molar-refractivity contribution in [1.82, 2.24) is 30.2 Å². The van der Waals surface area contributed by atoms with Crippen LogP contribution in [0.2, 0.25) is 0 Å². The minimum absolute atomic E-state index is 0.134. The Bertz CT molecular complexity index is 915. The molecule has 0 spiro atoms. The van der Waals surface area contributed by atoms with Crippen molar-refractivity contribution in [1.29, 1.82) is 0 Å². The summed E-state index contributed by atoms with van der Waals surface area (Å²) in [6, 6.07) is 4.15. The number of rotatable bonds is 4. The number of carbonyl (C=O) groups is 1. The first-order chi connectivity index (χ1) is 12.1. The van der Waals surface area contributed by atoms with Crippen LogP contribution in [0.4, 0.5) is 0 Å². The maximum Gasteiger partial charge on any atom is 0.271 e. The highest BCUT2D eigenvalue weighted by molar-refractivity contribution is 5.92. The number of hydrogen-bond acceptors (Lipinski definition) is 4. The maximum absolute atomic E-state index is 12.3. The highest BCUT2D eigenvalue weighted by Gasteiger charge is 2.16. The van der Waals surface area contributed by atoms with E-state index in [-0.39, 0.29) is 5.91 Å². The average molecular weight is 338 g/mol. The smallest absolute Gasteiger partial charge is 0.271 e. The van der Waals surface area contributed by atoms with Gasteiger partial charge in [-0.25, -0.2) is 9.97 Å². The summed E-state index contributed by atoms with van der Waals surface area (Å²) in [5.74, 6) is 1.67. The van der Waals surface area contributed by atoms with E-state index < -0.39 is 0 Å². The Morgan fingerprint density at radius 3 is 3.04 bits per heavy atom. The number of nitrogens with zero attached hydrogens (tertiary/aromatic N) is 3. The van der Waals surface area contributed by atoms with Gasteiger partial charge in [0.25, 0.3) is 5.91 Å². The number of imidazole rings is 2. The van der Waals surface area contributed by atoms with Gasteiger partial charge in [0, 0.05) is 32.3 Å². The molecule has 1 aliphatic heterocycles. The normalized spacial score (nSPS) is 13.8. The standard InChI is InChI=1S/C18H22N6O/c1-11-3-4-13-17(12(11)2)23-15(21-13)5-6-20-18(25)14-10-24-8-7-19-9-16(24)22-14/h3-4,10,19H,5-9H2,1-2H3,(H,20,25)(H,21,23). The molecule has 4 rings (SSSR count). The zero-order valence-corrected chi connectivity index (χ0v) is 14.5. The first-order valence-electron chi connectivity index (χ1n) is 8.61. The van der Waals surface area contributed by atoms with Crippen LogP contribution in [0.15, 0.2) is 18.3 Å². The molecule has 2 aromatic heterocycles. The van der Waals surface area contributed by atoms with Crippen LogP contribution in [0, 0.1) is 13.8 Å². The minimum Gasteiger partial charge on any atom is -0.350 e. The molecule has 7 heteroatoms. The third kappa shape index (κ3) is 3.02. The third-order valence-corrected chi connectivity index (χ3v) is 4.78. The van der Waals surface area contributed by atoms with Gasteiger partial charge in [-0.3, -0.25) is 4.79 Å². The van der Waals surface area contributed by atoms with Crippen molar-refractivity contribution in [3.8, 4) is 0 Å². The third-order valence-electron chi connectivity index (χ3n) is 4.78. The predicted octanol–water partition coefficient (Wildman–Crippen LogP) is 1.45. The van der Waals surface area contributed by atoms with Crippen molar-refractivity contribution in [3.63, 3.8) is 0 Å². The summed E-state index contributed by atoms with van der Waals surface area (Å²) < 4.78 is 2.04. The fraction of sp³-hybridized carbons (Fsp3) is 0.389. The molecule has 130 valence electrons. The number of nitrogens with one attached hydrogen (secondary N) is 3. The summed E-state index contributed by atoms with van der Waals surface area (Å²) in [4.78, 5) is 24.7. The molecule has 0 bridgehead atoms. The molecule has 1 amide bonds. The summed E-state index contributed by atoms with van der Waals surface area (Å²) >= 11 is 0. The number of fused-ring (bicyclic) bond motifs is 2. The van der Waals surface area contributed by atoms with Gasteiger partial charge in [-0.15, -0.1) is 0 Å². The quantitative estimate of drug-likeness (QED) is 0.672. The second-order valence-electron chi connectivity index (χ2n) is 6.51. The van der Waals surface area contributed by atoms with Gasteiger partial charge in [0.15, 0.2) is 0 Å². The van der Waals surface area contributed by atoms with Gasteiger partial charge in [0.2, 0.25) is 0 Å². The fourth-order valence-electron chi connectivity index (χ4n) is 3.17. The van der Waals surface area contributed by atoms with Crippen LogP contribution in [0.1, 0.15) is 33.3 Å². The topological polar surface area (TPSA) is 87.6 Å². The molecule has 25 heavy (non-hydrogen) atoms. The number of aromatic amines is 1. The highest BCUT2D eigenvalue weighted by atomic mass is 16.1.